The number of aromatic nitrogens is 2. The van der Waals surface area contributed by atoms with Crippen LogP contribution in [0.15, 0.2) is 36.7 Å². The summed E-state index contributed by atoms with van der Waals surface area (Å²) in [6.45, 7) is 0. The predicted octanol–water partition coefficient (Wildman–Crippen LogP) is 1.71. The molecule has 1 unspecified atom stereocenters. The number of hydrogen-bond acceptors (Lipinski definition) is 3. The SMILES string of the molecule is Cn1cc(C(Nc2ccccc2Cl)C(N)=O)cn1. The highest BCUT2D eigenvalue weighted by Crippen LogP contribution is 2.25. The van der Waals surface area contributed by atoms with Crippen molar-refractivity contribution in [2.45, 2.75) is 6.04 Å². The Labute approximate surface area is 110 Å². The van der Waals surface area contributed by atoms with E-state index in [0.717, 1.165) is 0 Å². The Balaban J connectivity index is 2.28. The van der Waals surface area contributed by atoms with Gasteiger partial charge in [-0.15, -0.1) is 0 Å². The second kappa shape index (κ2) is 5.10. The van der Waals surface area contributed by atoms with Crippen molar-refractivity contribution < 1.29 is 4.79 Å². The maximum absolute atomic E-state index is 11.5. The molecule has 0 radical (unpaired) electrons. The number of amides is 1. The van der Waals surface area contributed by atoms with Crippen molar-refractivity contribution >= 4 is 23.2 Å². The summed E-state index contributed by atoms with van der Waals surface area (Å²) < 4.78 is 1.61. The summed E-state index contributed by atoms with van der Waals surface area (Å²) in [4.78, 5) is 11.5. The van der Waals surface area contributed by atoms with Gasteiger partial charge in [0.2, 0.25) is 5.91 Å². The zero-order valence-corrected chi connectivity index (χ0v) is 10.6. The van der Waals surface area contributed by atoms with Gasteiger partial charge in [0.1, 0.15) is 6.04 Å². The number of aryl methyl sites for hydroxylation is 1. The molecule has 0 spiro atoms. The Kier molecular flexibility index (Phi) is 3.53. The third-order valence-electron chi connectivity index (χ3n) is 2.52. The molecule has 6 heteroatoms. The Bertz CT molecular complexity index is 567. The topological polar surface area (TPSA) is 72.9 Å². The minimum Gasteiger partial charge on any atom is -0.369 e. The third kappa shape index (κ3) is 2.62. The van der Waals surface area contributed by atoms with Crippen LogP contribution in [-0.2, 0) is 11.8 Å². The summed E-state index contributed by atoms with van der Waals surface area (Å²) >= 11 is 6.03. The van der Waals surface area contributed by atoms with Gasteiger partial charge in [-0.1, -0.05) is 23.7 Å². The average molecular weight is 265 g/mol. The molecule has 1 aromatic carbocycles. The fourth-order valence-corrected chi connectivity index (χ4v) is 1.83. The standard InChI is InChI=1S/C12H13ClN4O/c1-17-7-8(6-15-17)11(12(14)18)16-10-5-3-2-4-9(10)13/h2-7,11,16H,1H3,(H2,14,18). The molecule has 1 heterocycles. The van der Waals surface area contributed by atoms with Gasteiger partial charge in [-0.3, -0.25) is 9.48 Å². The number of carbonyl (C=O) groups is 1. The Morgan fingerprint density at radius 1 is 1.50 bits per heavy atom. The van der Waals surface area contributed by atoms with Crippen LogP contribution in [0, 0.1) is 0 Å². The number of primary amides is 1. The highest BCUT2D eigenvalue weighted by molar-refractivity contribution is 6.33. The molecule has 1 amide bonds. The van der Waals surface area contributed by atoms with E-state index in [0.29, 0.717) is 16.3 Å². The molecule has 0 saturated heterocycles. The number of para-hydroxylation sites is 1. The van der Waals surface area contributed by atoms with Crippen molar-refractivity contribution in [1.29, 1.82) is 0 Å². The maximum atomic E-state index is 11.5. The van der Waals surface area contributed by atoms with Gasteiger partial charge in [0, 0.05) is 18.8 Å². The first-order chi connectivity index (χ1) is 8.58. The number of benzene rings is 1. The normalized spacial score (nSPS) is 12.1. The number of carbonyl (C=O) groups excluding carboxylic acids is 1. The van der Waals surface area contributed by atoms with Crippen LogP contribution < -0.4 is 11.1 Å². The molecule has 2 aromatic rings. The molecule has 0 aliphatic carbocycles. The molecule has 1 atom stereocenters. The van der Waals surface area contributed by atoms with Crippen LogP contribution in [0.1, 0.15) is 11.6 Å². The fourth-order valence-electron chi connectivity index (χ4n) is 1.64. The van der Waals surface area contributed by atoms with Crippen LogP contribution in [0.3, 0.4) is 0 Å². The van der Waals surface area contributed by atoms with E-state index in [9.17, 15) is 4.79 Å². The van der Waals surface area contributed by atoms with Gasteiger partial charge in [0.25, 0.3) is 0 Å². The minimum atomic E-state index is -0.654. The molecule has 0 aliphatic heterocycles. The Morgan fingerprint density at radius 2 is 2.22 bits per heavy atom. The first-order valence-corrected chi connectivity index (χ1v) is 5.74. The summed E-state index contributed by atoms with van der Waals surface area (Å²) in [5, 5.41) is 7.57. The van der Waals surface area contributed by atoms with Gasteiger partial charge in [0.15, 0.2) is 0 Å². The molecule has 0 fully saturated rings. The van der Waals surface area contributed by atoms with Gasteiger partial charge < -0.3 is 11.1 Å². The number of anilines is 1. The van der Waals surface area contributed by atoms with Gasteiger partial charge in [0.05, 0.1) is 16.9 Å². The van der Waals surface area contributed by atoms with Crippen molar-refractivity contribution in [3.8, 4) is 0 Å². The van der Waals surface area contributed by atoms with E-state index in [2.05, 4.69) is 10.4 Å². The van der Waals surface area contributed by atoms with Crippen LogP contribution in [0.25, 0.3) is 0 Å². The van der Waals surface area contributed by atoms with E-state index >= 15 is 0 Å². The molecular weight excluding hydrogens is 252 g/mol. The number of nitrogens with two attached hydrogens (primary N) is 1. The molecule has 94 valence electrons. The van der Waals surface area contributed by atoms with Crippen LogP contribution in [0.5, 0.6) is 0 Å². The third-order valence-corrected chi connectivity index (χ3v) is 2.85. The molecule has 18 heavy (non-hydrogen) atoms. The van der Waals surface area contributed by atoms with E-state index in [4.69, 9.17) is 17.3 Å². The second-order valence-corrected chi connectivity index (χ2v) is 4.31. The smallest absolute Gasteiger partial charge is 0.244 e. The fraction of sp³-hybridized carbons (Fsp3) is 0.167. The highest BCUT2D eigenvalue weighted by atomic mass is 35.5. The van der Waals surface area contributed by atoms with Gasteiger partial charge in [-0.2, -0.15) is 5.10 Å². The summed E-state index contributed by atoms with van der Waals surface area (Å²) in [5.74, 6) is -0.483. The molecule has 5 nitrogen and oxygen atoms in total. The van der Waals surface area contributed by atoms with Crippen LogP contribution in [-0.4, -0.2) is 15.7 Å². The van der Waals surface area contributed by atoms with Gasteiger partial charge in [-0.25, -0.2) is 0 Å². The number of nitrogens with zero attached hydrogens (tertiary/aromatic N) is 2. The molecule has 3 N–H and O–H groups in total. The second-order valence-electron chi connectivity index (χ2n) is 3.91. The summed E-state index contributed by atoms with van der Waals surface area (Å²) in [7, 11) is 1.77. The van der Waals surface area contributed by atoms with E-state index in [1.54, 1.807) is 36.3 Å². The number of rotatable bonds is 4. The summed E-state index contributed by atoms with van der Waals surface area (Å²) in [6, 6.07) is 6.52. The van der Waals surface area contributed by atoms with Crippen LogP contribution in [0.2, 0.25) is 5.02 Å². The zero-order chi connectivity index (χ0) is 13.1. The van der Waals surface area contributed by atoms with Crippen molar-refractivity contribution in [3.05, 3.63) is 47.2 Å². The van der Waals surface area contributed by atoms with Gasteiger partial charge >= 0.3 is 0 Å². The predicted molar refractivity (Wildman–Crippen MR) is 70.2 cm³/mol. The van der Waals surface area contributed by atoms with E-state index in [1.165, 1.54) is 0 Å². The Morgan fingerprint density at radius 3 is 2.78 bits per heavy atom. The van der Waals surface area contributed by atoms with Crippen LogP contribution in [0.4, 0.5) is 5.69 Å². The lowest BCUT2D eigenvalue weighted by Gasteiger charge is -2.16. The van der Waals surface area contributed by atoms with E-state index in [1.807, 2.05) is 12.1 Å². The average Bonchev–Trinajstić information content (AvgIpc) is 2.74. The van der Waals surface area contributed by atoms with E-state index < -0.39 is 11.9 Å². The Hall–Kier alpha value is -2.01. The quantitative estimate of drug-likeness (QED) is 0.883. The number of halogens is 1. The highest BCUT2D eigenvalue weighted by Gasteiger charge is 2.19. The van der Waals surface area contributed by atoms with Crippen molar-refractivity contribution in [2.24, 2.45) is 12.8 Å². The van der Waals surface area contributed by atoms with Gasteiger partial charge in [-0.05, 0) is 12.1 Å². The molecule has 0 bridgehead atoms. The van der Waals surface area contributed by atoms with E-state index in [-0.39, 0.29) is 0 Å². The molecule has 0 saturated carbocycles. The first-order valence-electron chi connectivity index (χ1n) is 5.37. The first kappa shape index (κ1) is 12.4. The summed E-state index contributed by atoms with van der Waals surface area (Å²) in [5.41, 5.74) is 6.75. The van der Waals surface area contributed by atoms with Crippen molar-refractivity contribution in [3.63, 3.8) is 0 Å². The molecule has 0 aliphatic rings. The lowest BCUT2D eigenvalue weighted by molar-refractivity contribution is -0.118. The molecule has 1 aromatic heterocycles. The minimum absolute atomic E-state index is 0.483. The lowest BCUT2D eigenvalue weighted by Crippen LogP contribution is -2.27. The van der Waals surface area contributed by atoms with Crippen molar-refractivity contribution in [1.82, 2.24) is 9.78 Å². The molecule has 2 rings (SSSR count). The number of nitrogens with one attached hydrogen (secondary N) is 1. The number of hydrogen-bond donors (Lipinski definition) is 2. The monoisotopic (exact) mass is 264 g/mol. The maximum Gasteiger partial charge on any atom is 0.244 e. The van der Waals surface area contributed by atoms with Crippen LogP contribution >= 0.6 is 11.6 Å². The molecular formula is C12H13ClN4O. The van der Waals surface area contributed by atoms with Crippen molar-refractivity contribution in [2.75, 3.05) is 5.32 Å². The summed E-state index contributed by atoms with van der Waals surface area (Å²) in [6.07, 6.45) is 3.33. The zero-order valence-electron chi connectivity index (χ0n) is 9.80. The largest absolute Gasteiger partial charge is 0.369 e. The lowest BCUT2D eigenvalue weighted by atomic mass is 10.1.